The SMILES string of the molecule is COc1ccc(/C=C2\SC(=S)N(CCCCCC(=O)NNC(=O)c3ccc(Br)cc3)C2=O)cc1. The minimum Gasteiger partial charge on any atom is -0.497 e. The number of nitrogens with one attached hydrogen (secondary N) is 2. The van der Waals surface area contributed by atoms with Crippen LogP contribution in [0.2, 0.25) is 0 Å². The van der Waals surface area contributed by atoms with Crippen LogP contribution >= 0.6 is 39.9 Å². The van der Waals surface area contributed by atoms with Crippen molar-refractivity contribution in [1.82, 2.24) is 15.8 Å². The average Bonchev–Trinajstić information content (AvgIpc) is 3.10. The Hall–Kier alpha value is -2.69. The summed E-state index contributed by atoms with van der Waals surface area (Å²) in [5, 5.41) is 0. The zero-order valence-electron chi connectivity index (χ0n) is 18.5. The second-order valence-electron chi connectivity index (χ2n) is 7.43. The van der Waals surface area contributed by atoms with E-state index in [-0.39, 0.29) is 24.1 Å². The van der Waals surface area contributed by atoms with Crippen LogP contribution < -0.4 is 15.6 Å². The van der Waals surface area contributed by atoms with Crippen LogP contribution in [0.1, 0.15) is 41.6 Å². The number of halogens is 1. The summed E-state index contributed by atoms with van der Waals surface area (Å²) in [7, 11) is 1.61. The van der Waals surface area contributed by atoms with Gasteiger partial charge in [-0.15, -0.1) is 0 Å². The molecule has 0 spiro atoms. The maximum atomic E-state index is 12.7. The van der Waals surface area contributed by atoms with Crippen LogP contribution in [0.5, 0.6) is 5.75 Å². The van der Waals surface area contributed by atoms with E-state index in [1.807, 2.05) is 30.3 Å². The zero-order chi connectivity index (χ0) is 24.5. The summed E-state index contributed by atoms with van der Waals surface area (Å²) in [5.74, 6) is 0.0148. The van der Waals surface area contributed by atoms with Gasteiger partial charge in [0.15, 0.2) is 0 Å². The van der Waals surface area contributed by atoms with E-state index < -0.39 is 0 Å². The van der Waals surface area contributed by atoms with Crippen LogP contribution in [-0.2, 0) is 9.59 Å². The molecule has 1 heterocycles. The molecule has 1 fully saturated rings. The van der Waals surface area contributed by atoms with Gasteiger partial charge in [0.25, 0.3) is 11.8 Å². The quantitative estimate of drug-likeness (QED) is 0.200. The lowest BCUT2D eigenvalue weighted by Crippen LogP contribution is -2.41. The summed E-state index contributed by atoms with van der Waals surface area (Å²) >= 11 is 9.98. The fourth-order valence-electron chi connectivity index (χ4n) is 3.14. The second kappa shape index (κ2) is 12.7. The van der Waals surface area contributed by atoms with Crippen molar-refractivity contribution in [3.8, 4) is 5.75 Å². The third-order valence-electron chi connectivity index (χ3n) is 4.99. The third-order valence-corrected chi connectivity index (χ3v) is 6.90. The van der Waals surface area contributed by atoms with Crippen molar-refractivity contribution >= 4 is 68.0 Å². The molecule has 2 aromatic rings. The number of methoxy groups -OCH3 is 1. The van der Waals surface area contributed by atoms with E-state index in [2.05, 4.69) is 26.8 Å². The molecule has 0 aliphatic carbocycles. The van der Waals surface area contributed by atoms with E-state index in [9.17, 15) is 14.4 Å². The Balaban J connectivity index is 1.36. The molecule has 2 aromatic carbocycles. The molecule has 1 aliphatic heterocycles. The van der Waals surface area contributed by atoms with Crippen LogP contribution in [0.3, 0.4) is 0 Å². The van der Waals surface area contributed by atoms with Crippen molar-refractivity contribution in [2.24, 2.45) is 0 Å². The number of hydrazine groups is 1. The molecule has 2 N–H and O–H groups in total. The van der Waals surface area contributed by atoms with Gasteiger partial charge in [-0.2, -0.15) is 0 Å². The molecule has 0 radical (unpaired) electrons. The molecule has 1 aliphatic rings. The van der Waals surface area contributed by atoms with Gasteiger partial charge >= 0.3 is 0 Å². The standard InChI is InChI=1S/C24H24BrN3O4S2/c1-32-19-12-6-16(7-13-19)15-20-23(31)28(24(33)34-20)14-4-2-3-5-21(29)26-27-22(30)17-8-10-18(25)11-9-17/h6-13,15H,2-5,14H2,1H3,(H,26,29)(H,27,30)/b20-15-. The van der Waals surface area contributed by atoms with Crippen molar-refractivity contribution in [1.29, 1.82) is 0 Å². The summed E-state index contributed by atoms with van der Waals surface area (Å²) in [6.45, 7) is 0.506. The maximum absolute atomic E-state index is 12.7. The van der Waals surface area contributed by atoms with Crippen molar-refractivity contribution < 1.29 is 19.1 Å². The van der Waals surface area contributed by atoms with Crippen LogP contribution in [0.15, 0.2) is 57.9 Å². The van der Waals surface area contributed by atoms with Gasteiger partial charge in [0.2, 0.25) is 5.91 Å². The first-order chi connectivity index (χ1) is 16.4. The van der Waals surface area contributed by atoms with E-state index in [0.29, 0.717) is 27.8 Å². The van der Waals surface area contributed by atoms with E-state index in [1.165, 1.54) is 11.8 Å². The van der Waals surface area contributed by atoms with Crippen molar-refractivity contribution in [3.05, 3.63) is 69.0 Å². The molecular weight excluding hydrogens is 538 g/mol. The highest BCUT2D eigenvalue weighted by molar-refractivity contribution is 9.10. The minimum atomic E-state index is -0.377. The molecular formula is C24H24BrN3O4S2. The normalized spacial score (nSPS) is 14.4. The molecule has 0 unspecified atom stereocenters. The number of carbonyl (C=O) groups excluding carboxylic acids is 3. The molecule has 0 saturated carbocycles. The highest BCUT2D eigenvalue weighted by atomic mass is 79.9. The number of benzene rings is 2. The Morgan fingerprint density at radius 3 is 2.44 bits per heavy atom. The summed E-state index contributed by atoms with van der Waals surface area (Å²) < 4.78 is 6.56. The predicted octanol–water partition coefficient (Wildman–Crippen LogP) is 4.68. The summed E-state index contributed by atoms with van der Waals surface area (Å²) in [4.78, 5) is 38.9. The molecule has 3 rings (SSSR count). The Bertz CT molecular complexity index is 1090. The lowest BCUT2D eigenvalue weighted by atomic mass is 10.1. The van der Waals surface area contributed by atoms with Gasteiger partial charge in [-0.1, -0.05) is 58.5 Å². The molecule has 7 nitrogen and oxygen atoms in total. The first-order valence-electron chi connectivity index (χ1n) is 10.6. The first kappa shape index (κ1) is 25.9. The van der Waals surface area contributed by atoms with Gasteiger partial charge in [-0.05, 0) is 60.9 Å². The van der Waals surface area contributed by atoms with E-state index >= 15 is 0 Å². The number of amides is 3. The van der Waals surface area contributed by atoms with Gasteiger partial charge in [-0.3, -0.25) is 30.1 Å². The van der Waals surface area contributed by atoms with Gasteiger partial charge < -0.3 is 4.74 Å². The highest BCUT2D eigenvalue weighted by Gasteiger charge is 2.31. The smallest absolute Gasteiger partial charge is 0.269 e. The van der Waals surface area contributed by atoms with Gasteiger partial charge in [0.05, 0.1) is 12.0 Å². The van der Waals surface area contributed by atoms with Crippen molar-refractivity contribution in [3.63, 3.8) is 0 Å². The van der Waals surface area contributed by atoms with Gasteiger partial charge in [0, 0.05) is 23.0 Å². The molecule has 10 heteroatoms. The lowest BCUT2D eigenvalue weighted by Gasteiger charge is -2.14. The number of hydrogen-bond donors (Lipinski definition) is 2. The van der Waals surface area contributed by atoms with Crippen molar-refractivity contribution in [2.45, 2.75) is 25.7 Å². The number of thiocarbonyl (C=S) groups is 1. The average molecular weight is 563 g/mol. The number of unbranched alkanes of at least 4 members (excludes halogenated alkanes) is 2. The number of ether oxygens (including phenoxy) is 1. The Kier molecular flexibility index (Phi) is 9.67. The molecule has 0 atom stereocenters. The zero-order valence-corrected chi connectivity index (χ0v) is 21.7. The Labute approximate surface area is 216 Å². The summed E-state index contributed by atoms with van der Waals surface area (Å²) in [5.41, 5.74) is 6.18. The first-order valence-corrected chi connectivity index (χ1v) is 12.6. The van der Waals surface area contributed by atoms with Crippen LogP contribution in [-0.4, -0.2) is 40.6 Å². The largest absolute Gasteiger partial charge is 0.497 e. The summed E-state index contributed by atoms with van der Waals surface area (Å²) in [6, 6.07) is 14.3. The summed E-state index contributed by atoms with van der Waals surface area (Å²) in [6.07, 6.45) is 4.21. The fraction of sp³-hybridized carbons (Fsp3) is 0.250. The molecule has 178 valence electrons. The number of nitrogens with zero attached hydrogens (tertiary/aromatic N) is 1. The molecule has 0 aromatic heterocycles. The number of hydrogen-bond acceptors (Lipinski definition) is 6. The number of thioether (sulfide) groups is 1. The monoisotopic (exact) mass is 561 g/mol. The highest BCUT2D eigenvalue weighted by Crippen LogP contribution is 2.33. The maximum Gasteiger partial charge on any atom is 0.269 e. The number of rotatable bonds is 9. The second-order valence-corrected chi connectivity index (χ2v) is 10.0. The molecule has 34 heavy (non-hydrogen) atoms. The number of carbonyl (C=O) groups is 3. The fourth-order valence-corrected chi connectivity index (χ4v) is 4.71. The van der Waals surface area contributed by atoms with Crippen LogP contribution in [0, 0.1) is 0 Å². The Morgan fingerprint density at radius 1 is 1.06 bits per heavy atom. The van der Waals surface area contributed by atoms with E-state index in [1.54, 1.807) is 36.3 Å². The topological polar surface area (TPSA) is 87.7 Å². The van der Waals surface area contributed by atoms with E-state index in [4.69, 9.17) is 17.0 Å². The Morgan fingerprint density at radius 2 is 1.76 bits per heavy atom. The van der Waals surface area contributed by atoms with Gasteiger partial charge in [-0.25, -0.2) is 0 Å². The van der Waals surface area contributed by atoms with Crippen molar-refractivity contribution in [2.75, 3.05) is 13.7 Å². The minimum absolute atomic E-state index is 0.0979. The lowest BCUT2D eigenvalue weighted by molar-refractivity contribution is -0.123. The third kappa shape index (κ3) is 7.41. The predicted molar refractivity (Wildman–Crippen MR) is 141 cm³/mol. The molecule has 0 bridgehead atoms. The van der Waals surface area contributed by atoms with Crippen LogP contribution in [0.25, 0.3) is 6.08 Å². The molecule has 3 amide bonds. The van der Waals surface area contributed by atoms with Crippen LogP contribution in [0.4, 0.5) is 0 Å². The van der Waals surface area contributed by atoms with Gasteiger partial charge in [0.1, 0.15) is 10.1 Å². The van der Waals surface area contributed by atoms with E-state index in [0.717, 1.165) is 28.6 Å². The molecule has 1 saturated heterocycles.